The largest absolute Gasteiger partial charge is 0.307 e. The zero-order chi connectivity index (χ0) is 13.2. The molecule has 0 radical (unpaired) electrons. The molecule has 18 heavy (non-hydrogen) atoms. The summed E-state index contributed by atoms with van der Waals surface area (Å²) >= 11 is 1.86. The van der Waals surface area contributed by atoms with Gasteiger partial charge in [-0.05, 0) is 45.9 Å². The van der Waals surface area contributed by atoms with Crippen molar-refractivity contribution in [2.75, 3.05) is 0 Å². The predicted molar refractivity (Wildman–Crippen MR) is 77.0 cm³/mol. The Hall–Kier alpha value is -1.13. The lowest BCUT2D eigenvalue weighted by molar-refractivity contribution is 0.426. The van der Waals surface area contributed by atoms with Crippen molar-refractivity contribution >= 4 is 11.3 Å². The average molecular weight is 263 g/mol. The van der Waals surface area contributed by atoms with E-state index < -0.39 is 0 Å². The standard InChI is InChI=1S/C14H21N3S/c1-11-7-8-16-17(11)10-13-6-5-12(18-13)9-15-14(2,3)4/h5-8,15H,9-10H2,1-4H3. The van der Waals surface area contributed by atoms with Crippen molar-refractivity contribution in [1.82, 2.24) is 15.1 Å². The lowest BCUT2D eigenvalue weighted by Gasteiger charge is -2.19. The SMILES string of the molecule is Cc1ccnn1Cc1ccc(CNC(C)(C)C)s1. The average Bonchev–Trinajstić information content (AvgIpc) is 2.86. The van der Waals surface area contributed by atoms with Crippen LogP contribution in [-0.4, -0.2) is 15.3 Å². The van der Waals surface area contributed by atoms with E-state index >= 15 is 0 Å². The van der Waals surface area contributed by atoms with Gasteiger partial charge in [0.05, 0.1) is 6.54 Å². The molecule has 0 saturated heterocycles. The second kappa shape index (κ2) is 5.24. The number of aromatic nitrogens is 2. The topological polar surface area (TPSA) is 29.9 Å². The third-order valence-corrected chi connectivity index (χ3v) is 3.81. The van der Waals surface area contributed by atoms with Crippen molar-refractivity contribution in [3.8, 4) is 0 Å². The zero-order valence-electron chi connectivity index (χ0n) is 11.5. The van der Waals surface area contributed by atoms with E-state index in [1.165, 1.54) is 15.4 Å². The van der Waals surface area contributed by atoms with Crippen molar-refractivity contribution < 1.29 is 0 Å². The first-order valence-electron chi connectivity index (χ1n) is 6.25. The molecule has 0 aliphatic heterocycles. The molecule has 0 bridgehead atoms. The van der Waals surface area contributed by atoms with Crippen LogP contribution in [0, 0.1) is 6.92 Å². The Kier molecular flexibility index (Phi) is 3.88. The number of aryl methyl sites for hydroxylation is 1. The van der Waals surface area contributed by atoms with Crippen molar-refractivity contribution in [1.29, 1.82) is 0 Å². The van der Waals surface area contributed by atoms with Gasteiger partial charge in [0.15, 0.2) is 0 Å². The summed E-state index contributed by atoms with van der Waals surface area (Å²) in [5.74, 6) is 0. The van der Waals surface area contributed by atoms with E-state index in [1.807, 2.05) is 28.3 Å². The van der Waals surface area contributed by atoms with Crippen molar-refractivity contribution in [2.24, 2.45) is 0 Å². The molecule has 0 aliphatic carbocycles. The first-order valence-corrected chi connectivity index (χ1v) is 7.07. The van der Waals surface area contributed by atoms with E-state index in [2.05, 4.69) is 50.2 Å². The predicted octanol–water partition coefficient (Wildman–Crippen LogP) is 3.19. The van der Waals surface area contributed by atoms with Crippen LogP contribution in [0.4, 0.5) is 0 Å². The van der Waals surface area contributed by atoms with Crippen LogP contribution in [0.2, 0.25) is 0 Å². The van der Waals surface area contributed by atoms with Gasteiger partial charge in [-0.15, -0.1) is 11.3 Å². The van der Waals surface area contributed by atoms with Gasteiger partial charge < -0.3 is 5.32 Å². The second-order valence-electron chi connectivity index (χ2n) is 5.60. The lowest BCUT2D eigenvalue weighted by atomic mass is 10.1. The van der Waals surface area contributed by atoms with Gasteiger partial charge >= 0.3 is 0 Å². The molecule has 2 aromatic rings. The summed E-state index contributed by atoms with van der Waals surface area (Å²) in [5, 5.41) is 7.82. The molecule has 2 rings (SSSR count). The molecule has 0 saturated carbocycles. The van der Waals surface area contributed by atoms with E-state index in [9.17, 15) is 0 Å². The highest BCUT2D eigenvalue weighted by Crippen LogP contribution is 2.18. The quantitative estimate of drug-likeness (QED) is 0.918. The molecular formula is C14H21N3S. The first-order chi connectivity index (χ1) is 8.44. The monoisotopic (exact) mass is 263 g/mol. The number of nitrogens with zero attached hydrogens (tertiary/aromatic N) is 2. The molecule has 2 heterocycles. The fourth-order valence-electron chi connectivity index (χ4n) is 1.67. The number of nitrogens with one attached hydrogen (secondary N) is 1. The van der Waals surface area contributed by atoms with Crippen LogP contribution in [0.5, 0.6) is 0 Å². The van der Waals surface area contributed by atoms with Gasteiger partial charge in [0.2, 0.25) is 0 Å². The van der Waals surface area contributed by atoms with Gasteiger partial charge in [-0.3, -0.25) is 4.68 Å². The molecule has 3 nitrogen and oxygen atoms in total. The third kappa shape index (κ3) is 3.68. The van der Waals surface area contributed by atoms with Gasteiger partial charge in [0.1, 0.15) is 0 Å². The van der Waals surface area contributed by atoms with Crippen LogP contribution in [0.15, 0.2) is 24.4 Å². The molecule has 98 valence electrons. The molecule has 0 aromatic carbocycles. The summed E-state index contributed by atoms with van der Waals surface area (Å²) in [5.41, 5.74) is 1.38. The number of hydrogen-bond donors (Lipinski definition) is 1. The Balaban J connectivity index is 1.96. The minimum absolute atomic E-state index is 0.169. The van der Waals surface area contributed by atoms with Crippen LogP contribution >= 0.6 is 11.3 Å². The highest BCUT2D eigenvalue weighted by Gasteiger charge is 2.09. The molecule has 4 heteroatoms. The first kappa shape index (κ1) is 13.3. The fraction of sp³-hybridized carbons (Fsp3) is 0.500. The molecule has 0 amide bonds. The summed E-state index contributed by atoms with van der Waals surface area (Å²) in [6.45, 7) is 10.5. The molecule has 0 fully saturated rings. The maximum atomic E-state index is 4.31. The normalized spacial score (nSPS) is 12.0. The van der Waals surface area contributed by atoms with E-state index in [0.717, 1.165) is 13.1 Å². The lowest BCUT2D eigenvalue weighted by Crippen LogP contribution is -2.34. The molecule has 0 spiro atoms. The van der Waals surface area contributed by atoms with Gasteiger partial charge in [0.25, 0.3) is 0 Å². The molecule has 2 aromatic heterocycles. The van der Waals surface area contributed by atoms with Gasteiger partial charge in [-0.1, -0.05) is 0 Å². The van der Waals surface area contributed by atoms with Crippen molar-refractivity contribution in [3.63, 3.8) is 0 Å². The summed E-state index contributed by atoms with van der Waals surface area (Å²) in [6, 6.07) is 6.44. The van der Waals surface area contributed by atoms with E-state index in [0.29, 0.717) is 0 Å². The molecular weight excluding hydrogens is 242 g/mol. The third-order valence-electron chi connectivity index (χ3n) is 2.74. The Morgan fingerprint density at radius 1 is 1.22 bits per heavy atom. The van der Waals surface area contributed by atoms with Crippen LogP contribution in [0.3, 0.4) is 0 Å². The summed E-state index contributed by atoms with van der Waals surface area (Å²) in [4.78, 5) is 2.73. The molecule has 0 atom stereocenters. The van der Waals surface area contributed by atoms with Gasteiger partial charge in [-0.25, -0.2) is 0 Å². The van der Waals surface area contributed by atoms with Crippen molar-refractivity contribution in [2.45, 2.75) is 46.3 Å². The highest BCUT2D eigenvalue weighted by molar-refractivity contribution is 7.11. The minimum Gasteiger partial charge on any atom is -0.307 e. The number of rotatable bonds is 4. The van der Waals surface area contributed by atoms with E-state index in [-0.39, 0.29) is 5.54 Å². The maximum Gasteiger partial charge on any atom is 0.0755 e. The molecule has 0 unspecified atom stereocenters. The minimum atomic E-state index is 0.169. The Labute approximate surface area is 113 Å². The smallest absolute Gasteiger partial charge is 0.0755 e. The van der Waals surface area contributed by atoms with Gasteiger partial charge in [-0.2, -0.15) is 5.10 Å². The highest BCUT2D eigenvalue weighted by atomic mass is 32.1. The number of hydrogen-bond acceptors (Lipinski definition) is 3. The zero-order valence-corrected chi connectivity index (χ0v) is 12.3. The summed E-state index contributed by atoms with van der Waals surface area (Å²) < 4.78 is 2.03. The second-order valence-corrected chi connectivity index (χ2v) is 6.85. The fourth-order valence-corrected chi connectivity index (χ4v) is 2.61. The Morgan fingerprint density at radius 2 is 1.94 bits per heavy atom. The van der Waals surface area contributed by atoms with Crippen molar-refractivity contribution in [3.05, 3.63) is 39.8 Å². The molecule has 0 aliphatic rings. The molecule has 1 N–H and O–H groups in total. The Bertz CT molecular complexity index is 505. The van der Waals surface area contributed by atoms with Crippen LogP contribution in [0.25, 0.3) is 0 Å². The van der Waals surface area contributed by atoms with Crippen LogP contribution in [-0.2, 0) is 13.1 Å². The van der Waals surface area contributed by atoms with Crippen LogP contribution in [0.1, 0.15) is 36.2 Å². The summed E-state index contributed by atoms with van der Waals surface area (Å²) in [6.07, 6.45) is 1.85. The maximum absolute atomic E-state index is 4.31. The van der Waals surface area contributed by atoms with Gasteiger partial charge in [0, 0.05) is 33.7 Å². The van der Waals surface area contributed by atoms with Crippen LogP contribution < -0.4 is 5.32 Å². The van der Waals surface area contributed by atoms with E-state index in [1.54, 1.807) is 0 Å². The number of thiophene rings is 1. The Morgan fingerprint density at radius 3 is 2.56 bits per heavy atom. The van der Waals surface area contributed by atoms with E-state index in [4.69, 9.17) is 0 Å². The summed E-state index contributed by atoms with van der Waals surface area (Å²) in [7, 11) is 0.